The molecule has 8 heteroatoms. The molecule has 3 heterocycles. The van der Waals surface area contributed by atoms with Crippen molar-refractivity contribution in [1.29, 1.82) is 0 Å². The molecule has 0 amide bonds. The van der Waals surface area contributed by atoms with Gasteiger partial charge in [0.15, 0.2) is 11.5 Å². The highest BCUT2D eigenvalue weighted by Crippen LogP contribution is 2.11. The van der Waals surface area contributed by atoms with E-state index in [1.165, 1.54) is 0 Å². The molecule has 0 spiro atoms. The first-order valence-electron chi connectivity index (χ1n) is 6.40. The van der Waals surface area contributed by atoms with Crippen LogP contribution in [-0.2, 0) is 0 Å². The summed E-state index contributed by atoms with van der Waals surface area (Å²) in [5.74, 6) is 2.02. The van der Waals surface area contributed by atoms with Crippen LogP contribution in [0.3, 0.4) is 0 Å². The molecule has 21 heavy (non-hydrogen) atoms. The number of anilines is 1. The number of hydrogen-bond acceptors (Lipinski definition) is 6. The standard InChI is InChI=1S/C13H13ClN6O/c1-9-17-18-12-4-3-11(19-20(9)12)15-6-7-21-13-5-2-10(14)8-16-13/h2-5,8H,6-7H2,1H3,(H,15,19). The maximum absolute atomic E-state index is 5.75. The van der Waals surface area contributed by atoms with Crippen molar-refractivity contribution >= 4 is 23.1 Å². The fourth-order valence-corrected chi connectivity index (χ4v) is 1.88. The molecule has 1 N–H and O–H groups in total. The molecule has 0 bridgehead atoms. The van der Waals surface area contributed by atoms with Gasteiger partial charge in [-0.2, -0.15) is 4.52 Å². The fourth-order valence-electron chi connectivity index (χ4n) is 1.77. The zero-order valence-corrected chi connectivity index (χ0v) is 12.1. The Morgan fingerprint density at radius 2 is 2.14 bits per heavy atom. The molecule has 0 radical (unpaired) electrons. The van der Waals surface area contributed by atoms with E-state index in [1.54, 1.807) is 22.8 Å². The van der Waals surface area contributed by atoms with Crippen LogP contribution in [0.1, 0.15) is 5.82 Å². The van der Waals surface area contributed by atoms with Gasteiger partial charge in [0.05, 0.1) is 11.6 Å². The Morgan fingerprint density at radius 3 is 2.95 bits per heavy atom. The molecule has 0 atom stereocenters. The average Bonchev–Trinajstić information content (AvgIpc) is 2.87. The number of nitrogens with zero attached hydrogens (tertiary/aromatic N) is 5. The Kier molecular flexibility index (Phi) is 3.83. The maximum atomic E-state index is 5.75. The summed E-state index contributed by atoms with van der Waals surface area (Å²) >= 11 is 5.75. The Hall–Kier alpha value is -2.41. The SMILES string of the molecule is Cc1nnc2ccc(NCCOc3ccc(Cl)cn3)nn12. The minimum atomic E-state index is 0.468. The summed E-state index contributed by atoms with van der Waals surface area (Å²) in [6.07, 6.45) is 1.55. The average molecular weight is 305 g/mol. The molecule has 0 aromatic carbocycles. The molecule has 0 aliphatic carbocycles. The number of aryl methyl sites for hydroxylation is 1. The molecule has 3 rings (SSSR count). The number of ether oxygens (including phenoxy) is 1. The first-order chi connectivity index (χ1) is 10.2. The number of fused-ring (bicyclic) bond motifs is 1. The predicted octanol–water partition coefficient (Wildman–Crippen LogP) is 1.97. The van der Waals surface area contributed by atoms with Crippen molar-refractivity contribution in [1.82, 2.24) is 24.8 Å². The molecule has 0 unspecified atom stereocenters. The van der Waals surface area contributed by atoms with E-state index in [2.05, 4.69) is 25.6 Å². The van der Waals surface area contributed by atoms with Crippen molar-refractivity contribution in [2.45, 2.75) is 6.92 Å². The van der Waals surface area contributed by atoms with Crippen LogP contribution in [0.4, 0.5) is 5.82 Å². The molecular weight excluding hydrogens is 292 g/mol. The van der Waals surface area contributed by atoms with Gasteiger partial charge >= 0.3 is 0 Å². The van der Waals surface area contributed by atoms with Crippen LogP contribution in [0.2, 0.25) is 5.02 Å². The van der Waals surface area contributed by atoms with Crippen LogP contribution in [0.15, 0.2) is 30.5 Å². The molecule has 0 aliphatic rings. The Labute approximate surface area is 125 Å². The van der Waals surface area contributed by atoms with Crippen molar-refractivity contribution in [2.24, 2.45) is 0 Å². The predicted molar refractivity (Wildman–Crippen MR) is 78.8 cm³/mol. The van der Waals surface area contributed by atoms with Gasteiger partial charge in [0.1, 0.15) is 12.4 Å². The van der Waals surface area contributed by atoms with Crippen LogP contribution in [0.25, 0.3) is 5.65 Å². The molecule has 108 valence electrons. The van der Waals surface area contributed by atoms with E-state index >= 15 is 0 Å². The molecule has 3 aromatic heterocycles. The van der Waals surface area contributed by atoms with Gasteiger partial charge in [-0.15, -0.1) is 15.3 Å². The first kappa shape index (κ1) is 13.6. The number of pyridine rings is 1. The highest BCUT2D eigenvalue weighted by Gasteiger charge is 2.03. The van der Waals surface area contributed by atoms with Crippen LogP contribution in [0, 0.1) is 6.92 Å². The lowest BCUT2D eigenvalue weighted by molar-refractivity contribution is 0.320. The van der Waals surface area contributed by atoms with Gasteiger partial charge < -0.3 is 10.1 Å². The molecule has 0 saturated heterocycles. The summed E-state index contributed by atoms with van der Waals surface area (Å²) < 4.78 is 7.17. The minimum Gasteiger partial charge on any atom is -0.476 e. The van der Waals surface area contributed by atoms with Gasteiger partial charge in [0, 0.05) is 12.3 Å². The third-order valence-electron chi connectivity index (χ3n) is 2.78. The number of halogens is 1. The summed E-state index contributed by atoms with van der Waals surface area (Å²) in [7, 11) is 0. The number of aromatic nitrogens is 5. The molecule has 0 aliphatic heterocycles. The van der Waals surface area contributed by atoms with E-state index in [0.29, 0.717) is 24.1 Å². The van der Waals surface area contributed by atoms with E-state index in [1.807, 2.05) is 19.1 Å². The lowest BCUT2D eigenvalue weighted by Crippen LogP contribution is -2.13. The second kappa shape index (κ2) is 5.92. The summed E-state index contributed by atoms with van der Waals surface area (Å²) in [6, 6.07) is 7.18. The first-order valence-corrected chi connectivity index (χ1v) is 6.77. The molecule has 0 fully saturated rings. The summed E-state index contributed by atoms with van der Waals surface area (Å²) in [5.41, 5.74) is 0.722. The zero-order chi connectivity index (χ0) is 14.7. The van der Waals surface area contributed by atoms with Crippen LogP contribution >= 0.6 is 11.6 Å². The highest BCUT2D eigenvalue weighted by molar-refractivity contribution is 6.30. The quantitative estimate of drug-likeness (QED) is 0.726. The largest absolute Gasteiger partial charge is 0.476 e. The fraction of sp³-hybridized carbons (Fsp3) is 0.231. The van der Waals surface area contributed by atoms with Crippen molar-refractivity contribution in [3.05, 3.63) is 41.3 Å². The van der Waals surface area contributed by atoms with Crippen molar-refractivity contribution in [2.75, 3.05) is 18.5 Å². The Bertz CT molecular complexity index is 742. The highest BCUT2D eigenvalue weighted by atomic mass is 35.5. The van der Waals surface area contributed by atoms with E-state index in [-0.39, 0.29) is 0 Å². The van der Waals surface area contributed by atoms with Crippen LogP contribution < -0.4 is 10.1 Å². The van der Waals surface area contributed by atoms with E-state index in [4.69, 9.17) is 16.3 Å². The van der Waals surface area contributed by atoms with E-state index in [9.17, 15) is 0 Å². The molecule has 7 nitrogen and oxygen atoms in total. The minimum absolute atomic E-state index is 0.468. The summed E-state index contributed by atoms with van der Waals surface area (Å²) in [4.78, 5) is 4.05. The topological polar surface area (TPSA) is 77.2 Å². The smallest absolute Gasteiger partial charge is 0.213 e. The Balaban J connectivity index is 1.54. The second-order valence-electron chi connectivity index (χ2n) is 4.33. The van der Waals surface area contributed by atoms with Gasteiger partial charge in [-0.25, -0.2) is 4.98 Å². The monoisotopic (exact) mass is 304 g/mol. The summed E-state index contributed by atoms with van der Waals surface area (Å²) in [5, 5.41) is 16.1. The lowest BCUT2D eigenvalue weighted by Gasteiger charge is -2.07. The van der Waals surface area contributed by atoms with Crippen molar-refractivity contribution in [3.63, 3.8) is 0 Å². The van der Waals surface area contributed by atoms with Gasteiger partial charge in [0.2, 0.25) is 5.88 Å². The lowest BCUT2D eigenvalue weighted by atomic mass is 10.5. The number of nitrogens with one attached hydrogen (secondary N) is 1. The summed E-state index contributed by atoms with van der Waals surface area (Å²) in [6.45, 7) is 2.92. The third-order valence-corrected chi connectivity index (χ3v) is 3.00. The van der Waals surface area contributed by atoms with Gasteiger partial charge in [-0.05, 0) is 25.1 Å². The Morgan fingerprint density at radius 1 is 1.24 bits per heavy atom. The zero-order valence-electron chi connectivity index (χ0n) is 11.3. The van der Waals surface area contributed by atoms with Gasteiger partial charge in [-0.3, -0.25) is 0 Å². The van der Waals surface area contributed by atoms with E-state index in [0.717, 1.165) is 17.3 Å². The van der Waals surface area contributed by atoms with Crippen molar-refractivity contribution in [3.8, 4) is 5.88 Å². The normalized spacial score (nSPS) is 10.8. The molecule has 3 aromatic rings. The number of rotatable bonds is 5. The second-order valence-corrected chi connectivity index (χ2v) is 4.76. The number of hydrogen-bond donors (Lipinski definition) is 1. The van der Waals surface area contributed by atoms with Crippen LogP contribution in [-0.4, -0.2) is 37.9 Å². The van der Waals surface area contributed by atoms with Gasteiger partial charge in [0.25, 0.3) is 0 Å². The van der Waals surface area contributed by atoms with Crippen LogP contribution in [0.5, 0.6) is 5.88 Å². The molecular formula is C13H13ClN6O. The van der Waals surface area contributed by atoms with Gasteiger partial charge in [-0.1, -0.05) is 11.6 Å². The third kappa shape index (κ3) is 3.19. The molecule has 0 saturated carbocycles. The van der Waals surface area contributed by atoms with Crippen molar-refractivity contribution < 1.29 is 4.74 Å². The maximum Gasteiger partial charge on any atom is 0.213 e. The van der Waals surface area contributed by atoms with E-state index < -0.39 is 0 Å².